The number of hydrogen-bond acceptors (Lipinski definition) is 6. The number of hydrogen-bond donors (Lipinski definition) is 1. The third-order valence-electron chi connectivity index (χ3n) is 3.96. The summed E-state index contributed by atoms with van der Waals surface area (Å²) in [5.74, 6) is -0.0617. The maximum absolute atomic E-state index is 12.9. The first-order chi connectivity index (χ1) is 12.6. The average Bonchev–Trinajstić information content (AvgIpc) is 3.02. The van der Waals surface area contributed by atoms with Crippen molar-refractivity contribution in [2.75, 3.05) is 5.32 Å². The quantitative estimate of drug-likeness (QED) is 0.749. The molecule has 0 radical (unpaired) electrons. The molecule has 1 aromatic carbocycles. The van der Waals surface area contributed by atoms with Crippen molar-refractivity contribution < 1.29 is 4.79 Å². The van der Waals surface area contributed by atoms with Crippen LogP contribution in [-0.2, 0) is 12.8 Å². The van der Waals surface area contributed by atoms with Gasteiger partial charge in [0.05, 0.1) is 17.0 Å². The Kier molecular flexibility index (Phi) is 5.34. The van der Waals surface area contributed by atoms with Gasteiger partial charge < -0.3 is 5.32 Å². The zero-order chi connectivity index (χ0) is 18.5. The molecule has 3 rings (SSSR count). The van der Waals surface area contributed by atoms with Crippen LogP contribution < -0.4 is 5.32 Å². The summed E-state index contributed by atoms with van der Waals surface area (Å²) in [4.78, 5) is 21.7. The molecule has 0 bridgehead atoms. The van der Waals surface area contributed by atoms with Gasteiger partial charge in [-0.2, -0.15) is 9.64 Å². The van der Waals surface area contributed by atoms with Crippen LogP contribution in [0.15, 0.2) is 36.5 Å². The number of aromatic nitrogens is 3. The Labute approximate surface area is 155 Å². The van der Waals surface area contributed by atoms with E-state index in [-0.39, 0.29) is 11.7 Å². The van der Waals surface area contributed by atoms with Gasteiger partial charge in [-0.1, -0.05) is 25.1 Å². The first-order valence-electron chi connectivity index (χ1n) is 8.18. The second-order valence-electron chi connectivity index (χ2n) is 5.69. The summed E-state index contributed by atoms with van der Waals surface area (Å²) in [5.41, 5.74) is 3.83. The summed E-state index contributed by atoms with van der Waals surface area (Å²) in [6, 6.07) is 11.4. The van der Waals surface area contributed by atoms with Crippen molar-refractivity contribution in [2.45, 2.75) is 26.7 Å². The molecule has 1 N–H and O–H groups in total. The molecule has 6 nitrogen and oxygen atoms in total. The van der Waals surface area contributed by atoms with E-state index in [4.69, 9.17) is 5.26 Å². The Balaban J connectivity index is 1.87. The van der Waals surface area contributed by atoms with E-state index in [0.717, 1.165) is 22.5 Å². The molecule has 0 aliphatic carbocycles. The van der Waals surface area contributed by atoms with Crippen molar-refractivity contribution in [2.24, 2.45) is 0 Å². The minimum absolute atomic E-state index is 0.117. The maximum atomic E-state index is 12.9. The van der Waals surface area contributed by atoms with Crippen LogP contribution in [-0.4, -0.2) is 20.2 Å². The second kappa shape index (κ2) is 7.85. The molecular formula is C19H17N5OS. The smallest absolute Gasteiger partial charge is 0.258 e. The number of benzene rings is 1. The van der Waals surface area contributed by atoms with Gasteiger partial charge in [0.15, 0.2) is 0 Å². The Hall–Kier alpha value is -3.11. The number of carbonyl (C=O) groups is 1. The van der Waals surface area contributed by atoms with E-state index in [2.05, 4.69) is 26.6 Å². The molecule has 2 aromatic heterocycles. The normalized spacial score (nSPS) is 10.3. The minimum Gasteiger partial charge on any atom is -0.322 e. The summed E-state index contributed by atoms with van der Waals surface area (Å²) in [6.45, 7) is 3.87. The van der Waals surface area contributed by atoms with Crippen LogP contribution in [0, 0.1) is 18.3 Å². The highest BCUT2D eigenvalue weighted by Crippen LogP contribution is 2.24. The third-order valence-corrected chi connectivity index (χ3v) is 4.90. The molecule has 0 atom stereocenters. The summed E-state index contributed by atoms with van der Waals surface area (Å²) in [5, 5.41) is 11.9. The van der Waals surface area contributed by atoms with Gasteiger partial charge >= 0.3 is 0 Å². The number of nitrogens with one attached hydrogen (secondary N) is 1. The first kappa shape index (κ1) is 17.7. The van der Waals surface area contributed by atoms with Gasteiger partial charge in [0.1, 0.15) is 6.07 Å². The van der Waals surface area contributed by atoms with Crippen molar-refractivity contribution in [1.82, 2.24) is 14.3 Å². The zero-order valence-electron chi connectivity index (χ0n) is 14.5. The van der Waals surface area contributed by atoms with E-state index >= 15 is 0 Å². The van der Waals surface area contributed by atoms with E-state index in [0.29, 0.717) is 23.4 Å². The highest BCUT2D eigenvalue weighted by Gasteiger charge is 2.20. The molecule has 2 heterocycles. The van der Waals surface area contributed by atoms with E-state index in [1.165, 1.54) is 11.5 Å². The van der Waals surface area contributed by atoms with Crippen molar-refractivity contribution in [3.63, 3.8) is 0 Å². The van der Waals surface area contributed by atoms with Crippen molar-refractivity contribution in [3.05, 3.63) is 69.7 Å². The lowest BCUT2D eigenvalue weighted by molar-refractivity contribution is 0.102. The lowest BCUT2D eigenvalue weighted by Crippen LogP contribution is -2.15. The van der Waals surface area contributed by atoms with Crippen molar-refractivity contribution >= 4 is 23.1 Å². The molecule has 0 fully saturated rings. The van der Waals surface area contributed by atoms with Gasteiger partial charge in [0.2, 0.25) is 5.82 Å². The topological polar surface area (TPSA) is 91.6 Å². The molecule has 0 spiro atoms. The van der Waals surface area contributed by atoms with Gasteiger partial charge in [-0.3, -0.25) is 4.79 Å². The third kappa shape index (κ3) is 3.76. The van der Waals surface area contributed by atoms with Crippen LogP contribution in [0.25, 0.3) is 0 Å². The van der Waals surface area contributed by atoms with Gasteiger partial charge in [-0.25, -0.2) is 9.97 Å². The molecule has 7 heteroatoms. The predicted molar refractivity (Wildman–Crippen MR) is 100 cm³/mol. The number of nitriles is 1. The average molecular weight is 363 g/mol. The van der Waals surface area contributed by atoms with Gasteiger partial charge in [0.25, 0.3) is 5.91 Å². The van der Waals surface area contributed by atoms with Crippen LogP contribution in [0.3, 0.4) is 0 Å². The van der Waals surface area contributed by atoms with E-state index in [1.807, 2.05) is 37.3 Å². The molecule has 0 saturated carbocycles. The van der Waals surface area contributed by atoms with Crippen LogP contribution in [0.5, 0.6) is 0 Å². The van der Waals surface area contributed by atoms with Crippen LogP contribution >= 0.6 is 11.5 Å². The lowest BCUT2D eigenvalue weighted by Gasteiger charge is -2.10. The highest BCUT2D eigenvalue weighted by atomic mass is 32.1. The zero-order valence-corrected chi connectivity index (χ0v) is 15.3. The summed E-state index contributed by atoms with van der Waals surface area (Å²) < 4.78 is 4.33. The largest absolute Gasteiger partial charge is 0.322 e. The minimum atomic E-state index is -0.179. The summed E-state index contributed by atoms with van der Waals surface area (Å²) in [7, 11) is 0. The molecule has 0 saturated heterocycles. The number of nitrogens with zero attached hydrogens (tertiary/aromatic N) is 4. The molecular weight excluding hydrogens is 346 g/mol. The van der Waals surface area contributed by atoms with Crippen molar-refractivity contribution in [3.8, 4) is 6.07 Å². The molecule has 0 aliphatic rings. The Morgan fingerprint density at radius 2 is 2.12 bits per heavy atom. The number of rotatable bonds is 5. The molecule has 1 amide bonds. The SMILES string of the molecule is CCc1ccccc1NC(=O)c1c(C)nsc1Cc1ccnc(C#N)n1. The molecule has 130 valence electrons. The fourth-order valence-corrected chi connectivity index (χ4v) is 3.56. The number of anilines is 1. The van der Waals surface area contributed by atoms with E-state index < -0.39 is 0 Å². The molecule has 0 unspecified atom stereocenters. The highest BCUT2D eigenvalue weighted by molar-refractivity contribution is 7.06. The van der Waals surface area contributed by atoms with Crippen molar-refractivity contribution in [1.29, 1.82) is 5.26 Å². The Morgan fingerprint density at radius 3 is 2.88 bits per heavy atom. The number of amides is 1. The van der Waals surface area contributed by atoms with E-state index in [9.17, 15) is 4.79 Å². The number of aryl methyl sites for hydroxylation is 2. The molecule has 3 aromatic rings. The predicted octanol–water partition coefficient (Wildman–Crippen LogP) is 3.52. The lowest BCUT2D eigenvalue weighted by atomic mass is 10.1. The fourth-order valence-electron chi connectivity index (χ4n) is 2.68. The molecule has 0 aliphatic heterocycles. The van der Waals surface area contributed by atoms with Gasteiger partial charge in [0, 0.05) is 23.2 Å². The second-order valence-corrected chi connectivity index (χ2v) is 6.55. The van der Waals surface area contributed by atoms with Crippen LogP contribution in [0.1, 0.15) is 44.9 Å². The van der Waals surface area contributed by atoms with E-state index in [1.54, 1.807) is 12.3 Å². The van der Waals surface area contributed by atoms with Crippen LogP contribution in [0.2, 0.25) is 0 Å². The molecule has 26 heavy (non-hydrogen) atoms. The number of para-hydroxylation sites is 1. The van der Waals surface area contributed by atoms with Gasteiger partial charge in [-0.05, 0) is 42.6 Å². The standard InChI is InChI=1S/C19H17N5OS/c1-3-13-6-4-5-7-15(13)23-19(25)18-12(2)24-26-16(18)10-14-8-9-21-17(11-20)22-14/h4-9H,3,10H2,1-2H3,(H,23,25). The summed E-state index contributed by atoms with van der Waals surface area (Å²) in [6.07, 6.45) is 2.81. The summed E-state index contributed by atoms with van der Waals surface area (Å²) >= 11 is 1.28. The van der Waals surface area contributed by atoms with Gasteiger partial charge in [-0.15, -0.1) is 0 Å². The Morgan fingerprint density at radius 1 is 1.31 bits per heavy atom. The van der Waals surface area contributed by atoms with Crippen LogP contribution in [0.4, 0.5) is 5.69 Å². The first-order valence-corrected chi connectivity index (χ1v) is 8.96. The number of carbonyl (C=O) groups excluding carboxylic acids is 1. The monoisotopic (exact) mass is 363 g/mol. The maximum Gasteiger partial charge on any atom is 0.258 e. The Bertz CT molecular complexity index is 990. The fraction of sp³-hybridized carbons (Fsp3) is 0.211.